The van der Waals surface area contributed by atoms with E-state index in [1.54, 1.807) is 0 Å². The Hall–Kier alpha value is -2.34. The van der Waals surface area contributed by atoms with Crippen LogP contribution < -0.4 is 11.5 Å². The highest BCUT2D eigenvalue weighted by Gasteiger charge is 2.33. The van der Waals surface area contributed by atoms with Gasteiger partial charge in [0.05, 0.1) is 5.56 Å². The van der Waals surface area contributed by atoms with Gasteiger partial charge in [0.1, 0.15) is 0 Å². The first-order valence-corrected chi connectivity index (χ1v) is 6.06. The van der Waals surface area contributed by atoms with Gasteiger partial charge < -0.3 is 11.5 Å². The molecule has 0 aromatic heterocycles. The molecule has 0 bridgehead atoms. The first-order chi connectivity index (χ1) is 9.86. The number of primary amides is 1. The molecule has 0 atom stereocenters. The summed E-state index contributed by atoms with van der Waals surface area (Å²) >= 11 is 0. The standard InChI is InChI=1S/C9H9F3N2O.C6H6/c10-9(11,12)7-3-5(8(14)15)1-2-6(7)4-13;1-2-4-6-5-3-1/h1-3H,4,13H2,(H2,14,15);1-6H. The minimum atomic E-state index is -4.53. The van der Waals surface area contributed by atoms with Crippen LogP contribution in [0.4, 0.5) is 13.2 Å². The van der Waals surface area contributed by atoms with E-state index in [9.17, 15) is 18.0 Å². The van der Waals surface area contributed by atoms with Crippen LogP contribution in [0.3, 0.4) is 0 Å². The summed E-state index contributed by atoms with van der Waals surface area (Å²) in [7, 11) is 0. The Labute approximate surface area is 120 Å². The van der Waals surface area contributed by atoms with E-state index in [1.807, 2.05) is 36.4 Å². The second-order valence-corrected chi connectivity index (χ2v) is 4.09. The normalized spacial score (nSPS) is 10.5. The number of carbonyl (C=O) groups is 1. The van der Waals surface area contributed by atoms with Crippen LogP contribution in [0.1, 0.15) is 21.5 Å². The maximum atomic E-state index is 12.5. The largest absolute Gasteiger partial charge is 0.416 e. The molecule has 0 saturated heterocycles. The van der Waals surface area contributed by atoms with Crippen LogP contribution in [0.25, 0.3) is 0 Å². The van der Waals surface area contributed by atoms with Crippen LogP contribution >= 0.6 is 0 Å². The van der Waals surface area contributed by atoms with E-state index < -0.39 is 17.6 Å². The summed E-state index contributed by atoms with van der Waals surface area (Å²) in [6.45, 7) is -0.242. The van der Waals surface area contributed by atoms with Gasteiger partial charge >= 0.3 is 6.18 Å². The van der Waals surface area contributed by atoms with Gasteiger partial charge in [0.25, 0.3) is 0 Å². The fraction of sp³-hybridized carbons (Fsp3) is 0.133. The Kier molecular flexibility index (Phi) is 5.92. The van der Waals surface area contributed by atoms with E-state index in [0.717, 1.165) is 6.07 Å². The summed E-state index contributed by atoms with van der Waals surface area (Å²) in [6, 6.07) is 15.1. The number of rotatable bonds is 2. The number of carbonyl (C=O) groups excluding carboxylic acids is 1. The van der Waals surface area contributed by atoms with Gasteiger partial charge in [-0.05, 0) is 17.7 Å². The Balaban J connectivity index is 0.000000304. The number of halogens is 3. The van der Waals surface area contributed by atoms with Crippen LogP contribution in [0.15, 0.2) is 54.6 Å². The lowest BCUT2D eigenvalue weighted by Crippen LogP contribution is -2.16. The lowest BCUT2D eigenvalue weighted by Gasteiger charge is -2.12. The molecular formula is C15H15F3N2O. The van der Waals surface area contributed by atoms with E-state index in [-0.39, 0.29) is 17.7 Å². The van der Waals surface area contributed by atoms with Crippen molar-refractivity contribution >= 4 is 5.91 Å². The van der Waals surface area contributed by atoms with Crippen molar-refractivity contribution in [2.45, 2.75) is 12.7 Å². The predicted molar refractivity (Wildman–Crippen MR) is 74.3 cm³/mol. The molecule has 0 radical (unpaired) electrons. The second-order valence-electron chi connectivity index (χ2n) is 4.09. The maximum absolute atomic E-state index is 12.5. The average molecular weight is 296 g/mol. The summed E-state index contributed by atoms with van der Waals surface area (Å²) in [4.78, 5) is 10.7. The van der Waals surface area contributed by atoms with Gasteiger partial charge in [-0.2, -0.15) is 13.2 Å². The SMILES string of the molecule is NCc1ccc(C(N)=O)cc1C(F)(F)F.c1ccccc1. The molecule has 1 amide bonds. The van der Waals surface area contributed by atoms with Crippen LogP contribution in [0.5, 0.6) is 0 Å². The third kappa shape index (κ3) is 5.27. The summed E-state index contributed by atoms with van der Waals surface area (Å²) < 4.78 is 37.4. The number of hydrogen-bond donors (Lipinski definition) is 2. The Morgan fingerprint density at radius 2 is 1.48 bits per heavy atom. The number of nitrogens with two attached hydrogens (primary N) is 2. The zero-order valence-electron chi connectivity index (χ0n) is 11.1. The monoisotopic (exact) mass is 296 g/mol. The fourth-order valence-electron chi connectivity index (χ4n) is 1.56. The maximum Gasteiger partial charge on any atom is 0.416 e. The summed E-state index contributed by atoms with van der Waals surface area (Å²) in [5.74, 6) is -0.899. The molecule has 0 unspecified atom stereocenters. The quantitative estimate of drug-likeness (QED) is 0.894. The molecule has 6 heteroatoms. The first kappa shape index (κ1) is 16.7. The molecule has 0 fully saturated rings. The van der Waals surface area contributed by atoms with E-state index in [2.05, 4.69) is 0 Å². The summed E-state index contributed by atoms with van der Waals surface area (Å²) in [5, 5.41) is 0. The van der Waals surface area contributed by atoms with Gasteiger partial charge in [0, 0.05) is 12.1 Å². The zero-order valence-corrected chi connectivity index (χ0v) is 11.1. The van der Waals surface area contributed by atoms with Crippen molar-refractivity contribution in [2.24, 2.45) is 11.5 Å². The highest BCUT2D eigenvalue weighted by Crippen LogP contribution is 2.32. The Morgan fingerprint density at radius 3 is 1.81 bits per heavy atom. The van der Waals surface area contributed by atoms with Gasteiger partial charge in [-0.25, -0.2) is 0 Å². The molecule has 0 aliphatic heterocycles. The highest BCUT2D eigenvalue weighted by molar-refractivity contribution is 5.93. The molecule has 0 aliphatic carbocycles. The molecular weight excluding hydrogens is 281 g/mol. The van der Waals surface area contributed by atoms with E-state index >= 15 is 0 Å². The number of amides is 1. The molecule has 0 saturated carbocycles. The molecule has 21 heavy (non-hydrogen) atoms. The van der Waals surface area contributed by atoms with Gasteiger partial charge in [-0.1, -0.05) is 42.5 Å². The lowest BCUT2D eigenvalue weighted by atomic mass is 10.0. The lowest BCUT2D eigenvalue weighted by molar-refractivity contribution is -0.138. The smallest absolute Gasteiger partial charge is 0.366 e. The number of benzene rings is 2. The average Bonchev–Trinajstić information content (AvgIpc) is 2.48. The number of alkyl halides is 3. The molecule has 2 aromatic rings. The molecule has 4 N–H and O–H groups in total. The zero-order chi connectivity index (χ0) is 15.9. The third-order valence-electron chi connectivity index (χ3n) is 2.59. The molecule has 0 heterocycles. The van der Waals surface area contributed by atoms with Gasteiger partial charge in [0.15, 0.2) is 0 Å². The molecule has 2 rings (SSSR count). The van der Waals surface area contributed by atoms with Gasteiger partial charge in [-0.3, -0.25) is 4.79 Å². The van der Waals surface area contributed by atoms with E-state index in [1.165, 1.54) is 6.07 Å². The van der Waals surface area contributed by atoms with Crippen molar-refractivity contribution < 1.29 is 18.0 Å². The first-order valence-electron chi connectivity index (χ1n) is 6.06. The van der Waals surface area contributed by atoms with Crippen LogP contribution in [-0.2, 0) is 12.7 Å². The molecule has 0 aliphatic rings. The minimum absolute atomic E-state index is 0.0625. The Bertz CT molecular complexity index is 557. The molecule has 112 valence electrons. The number of hydrogen-bond acceptors (Lipinski definition) is 2. The van der Waals surface area contributed by atoms with Crippen molar-refractivity contribution in [3.05, 3.63) is 71.3 Å². The van der Waals surface area contributed by atoms with Crippen molar-refractivity contribution in [1.82, 2.24) is 0 Å². The Morgan fingerprint density at radius 1 is 1.00 bits per heavy atom. The van der Waals surface area contributed by atoms with Crippen molar-refractivity contribution in [3.8, 4) is 0 Å². The second kappa shape index (κ2) is 7.44. The van der Waals surface area contributed by atoms with Crippen LogP contribution in [-0.4, -0.2) is 5.91 Å². The van der Waals surface area contributed by atoms with E-state index in [4.69, 9.17) is 11.5 Å². The van der Waals surface area contributed by atoms with Crippen molar-refractivity contribution in [3.63, 3.8) is 0 Å². The van der Waals surface area contributed by atoms with Gasteiger partial charge in [0.2, 0.25) is 5.91 Å². The summed E-state index contributed by atoms with van der Waals surface area (Å²) in [6.07, 6.45) is -4.53. The minimum Gasteiger partial charge on any atom is -0.366 e. The molecule has 0 spiro atoms. The topological polar surface area (TPSA) is 69.1 Å². The van der Waals surface area contributed by atoms with Crippen molar-refractivity contribution in [1.29, 1.82) is 0 Å². The third-order valence-corrected chi connectivity index (χ3v) is 2.59. The summed E-state index contributed by atoms with van der Waals surface area (Å²) in [5.41, 5.74) is 8.88. The highest BCUT2D eigenvalue weighted by atomic mass is 19.4. The molecule has 2 aromatic carbocycles. The van der Waals surface area contributed by atoms with Crippen LogP contribution in [0, 0.1) is 0 Å². The van der Waals surface area contributed by atoms with E-state index in [0.29, 0.717) is 6.07 Å². The predicted octanol–water partition coefficient (Wildman–Crippen LogP) is 2.95. The van der Waals surface area contributed by atoms with Gasteiger partial charge in [-0.15, -0.1) is 0 Å². The van der Waals surface area contributed by atoms with Crippen molar-refractivity contribution in [2.75, 3.05) is 0 Å². The van der Waals surface area contributed by atoms with Crippen LogP contribution in [0.2, 0.25) is 0 Å². The molecule has 3 nitrogen and oxygen atoms in total. The fourth-order valence-corrected chi connectivity index (χ4v) is 1.56.